The standard InChI is InChI=1S/C2HCl3O3/c3-2(4,5)8-1(6)7/h(H,6,7)/p-1. The summed E-state index contributed by atoms with van der Waals surface area (Å²) in [6.45, 7) is 0. The van der Waals surface area contributed by atoms with Crippen LogP contribution >= 0.6 is 34.8 Å². The molecule has 8 heavy (non-hydrogen) atoms. The second kappa shape index (κ2) is 2.62. The topological polar surface area (TPSA) is 49.4 Å². The van der Waals surface area contributed by atoms with Gasteiger partial charge < -0.3 is 14.6 Å². The predicted octanol–water partition coefficient (Wildman–Crippen LogP) is 0.674. The lowest BCUT2D eigenvalue weighted by Gasteiger charge is -2.15. The van der Waals surface area contributed by atoms with Gasteiger partial charge in [-0.15, -0.1) is 0 Å². The molecule has 0 aromatic rings. The Morgan fingerprint density at radius 2 is 1.88 bits per heavy atom. The Morgan fingerprint density at radius 3 is 1.88 bits per heavy atom. The number of rotatable bonds is 0. The Kier molecular flexibility index (Phi) is 2.66. The Morgan fingerprint density at radius 1 is 1.50 bits per heavy atom. The van der Waals surface area contributed by atoms with Gasteiger partial charge in [-0.1, -0.05) is 34.8 Å². The molecule has 0 rings (SSSR count). The van der Waals surface area contributed by atoms with Gasteiger partial charge in [0, 0.05) is 0 Å². The second-order valence-electron chi connectivity index (χ2n) is 0.798. The average Bonchev–Trinajstić information content (AvgIpc) is 1.21. The third-order valence-corrected chi connectivity index (χ3v) is 0.431. The van der Waals surface area contributed by atoms with Crippen LogP contribution in [-0.2, 0) is 4.74 Å². The van der Waals surface area contributed by atoms with E-state index >= 15 is 0 Å². The van der Waals surface area contributed by atoms with Crippen molar-refractivity contribution >= 4 is 41.0 Å². The van der Waals surface area contributed by atoms with E-state index in [4.69, 9.17) is 34.8 Å². The molecule has 0 bridgehead atoms. The van der Waals surface area contributed by atoms with Crippen molar-refractivity contribution in [1.82, 2.24) is 0 Å². The normalized spacial score (nSPS) is 10.9. The van der Waals surface area contributed by atoms with Crippen LogP contribution in [0.2, 0.25) is 0 Å². The average molecular weight is 178 g/mol. The van der Waals surface area contributed by atoms with Gasteiger partial charge in [-0.25, -0.2) is 0 Å². The van der Waals surface area contributed by atoms with Gasteiger partial charge in [0.15, 0.2) is 0 Å². The van der Waals surface area contributed by atoms with Gasteiger partial charge in [0.05, 0.1) is 0 Å². The number of carboxylic acid groups (broad SMARTS) is 1. The number of hydrogen-bond donors (Lipinski definition) is 0. The maximum Gasteiger partial charge on any atom is 0.280 e. The quantitative estimate of drug-likeness (QED) is 0.405. The van der Waals surface area contributed by atoms with E-state index < -0.39 is 10.1 Å². The van der Waals surface area contributed by atoms with Gasteiger partial charge in [-0.3, -0.25) is 0 Å². The summed E-state index contributed by atoms with van der Waals surface area (Å²) in [7, 11) is 0. The zero-order valence-electron chi connectivity index (χ0n) is 3.36. The van der Waals surface area contributed by atoms with E-state index in [0.29, 0.717) is 0 Å². The maximum atomic E-state index is 9.43. The lowest BCUT2D eigenvalue weighted by molar-refractivity contribution is -0.283. The smallest absolute Gasteiger partial charge is 0.280 e. The molecule has 3 nitrogen and oxygen atoms in total. The molecule has 0 radical (unpaired) electrons. The molecule has 0 saturated carbocycles. The first kappa shape index (κ1) is 8.14. The lowest BCUT2D eigenvalue weighted by Crippen LogP contribution is -2.28. The minimum atomic E-state index is -2.22. The third-order valence-electron chi connectivity index (χ3n) is 0.199. The molecule has 0 heterocycles. The van der Waals surface area contributed by atoms with Crippen LogP contribution < -0.4 is 5.11 Å². The number of ether oxygens (including phenoxy) is 1. The molecule has 0 atom stereocenters. The number of alkyl halides is 3. The van der Waals surface area contributed by atoms with Crippen molar-refractivity contribution in [1.29, 1.82) is 0 Å². The lowest BCUT2D eigenvalue weighted by atomic mass is 11.3. The Balaban J connectivity index is 3.55. The first-order valence-corrected chi connectivity index (χ1v) is 2.52. The predicted molar refractivity (Wildman–Crippen MR) is 26.8 cm³/mol. The molecule has 0 aliphatic carbocycles. The van der Waals surface area contributed by atoms with Gasteiger partial charge >= 0.3 is 0 Å². The van der Waals surface area contributed by atoms with Gasteiger partial charge in [0.25, 0.3) is 10.1 Å². The van der Waals surface area contributed by atoms with Crippen molar-refractivity contribution in [3.8, 4) is 0 Å². The Bertz CT molecular complexity index is 95.2. The summed E-state index contributed by atoms with van der Waals surface area (Å²) < 4.78 is 1.32. The number of carbonyl (C=O) groups excluding carboxylic acids is 1. The molecular formula is C2Cl3O3-. The second-order valence-corrected chi connectivity index (χ2v) is 2.97. The van der Waals surface area contributed by atoms with Crippen molar-refractivity contribution < 1.29 is 14.6 Å². The van der Waals surface area contributed by atoms with Crippen LogP contribution in [0.4, 0.5) is 4.79 Å². The van der Waals surface area contributed by atoms with Crippen molar-refractivity contribution in [3.63, 3.8) is 0 Å². The largest absolute Gasteiger partial charge is 0.503 e. The maximum absolute atomic E-state index is 9.43. The van der Waals surface area contributed by atoms with E-state index in [0.717, 1.165) is 0 Å². The Labute approximate surface area is 60.1 Å². The molecule has 0 N–H and O–H groups in total. The number of halogens is 3. The van der Waals surface area contributed by atoms with E-state index in [9.17, 15) is 9.90 Å². The van der Waals surface area contributed by atoms with Gasteiger partial charge in [-0.2, -0.15) is 0 Å². The molecule has 6 heteroatoms. The highest BCUT2D eigenvalue weighted by Gasteiger charge is 2.16. The zero-order chi connectivity index (χ0) is 6.78. The monoisotopic (exact) mass is 177 g/mol. The minimum Gasteiger partial charge on any atom is -0.503 e. The fraction of sp³-hybridized carbons (Fsp3) is 0.500. The van der Waals surface area contributed by atoms with Crippen molar-refractivity contribution in [3.05, 3.63) is 0 Å². The molecule has 0 unspecified atom stereocenters. The first-order valence-electron chi connectivity index (χ1n) is 1.38. The summed E-state index contributed by atoms with van der Waals surface area (Å²) in [5, 5.41) is 9.43. The van der Waals surface area contributed by atoms with Gasteiger partial charge in [-0.05, 0) is 0 Å². The molecule has 0 saturated heterocycles. The summed E-state index contributed by atoms with van der Waals surface area (Å²) in [6, 6.07) is 0. The van der Waals surface area contributed by atoms with Gasteiger partial charge in [0.2, 0.25) is 0 Å². The highest BCUT2D eigenvalue weighted by molar-refractivity contribution is 6.66. The van der Waals surface area contributed by atoms with Crippen LogP contribution in [0.5, 0.6) is 0 Å². The van der Waals surface area contributed by atoms with Crippen LogP contribution in [0.25, 0.3) is 0 Å². The fourth-order valence-corrected chi connectivity index (χ4v) is 0.283. The van der Waals surface area contributed by atoms with Crippen LogP contribution in [0.15, 0.2) is 0 Å². The van der Waals surface area contributed by atoms with Crippen molar-refractivity contribution in [2.24, 2.45) is 0 Å². The Hall–Kier alpha value is 0.140. The molecule has 0 spiro atoms. The summed E-state index contributed by atoms with van der Waals surface area (Å²) in [4.78, 5) is 9.43. The number of hydrogen-bond acceptors (Lipinski definition) is 3. The van der Waals surface area contributed by atoms with Gasteiger partial charge in [0.1, 0.15) is 0 Å². The van der Waals surface area contributed by atoms with Crippen LogP contribution in [0.1, 0.15) is 0 Å². The summed E-state index contributed by atoms with van der Waals surface area (Å²) >= 11 is 14.4. The fourth-order valence-electron chi connectivity index (χ4n) is 0.0945. The molecule has 0 aliphatic heterocycles. The van der Waals surface area contributed by atoms with Crippen molar-refractivity contribution in [2.75, 3.05) is 0 Å². The first-order chi connectivity index (χ1) is 3.42. The van der Waals surface area contributed by atoms with E-state index in [1.165, 1.54) is 0 Å². The van der Waals surface area contributed by atoms with E-state index in [1.54, 1.807) is 0 Å². The molecule has 0 aliphatic rings. The van der Waals surface area contributed by atoms with Crippen LogP contribution in [0, 0.1) is 0 Å². The van der Waals surface area contributed by atoms with Crippen LogP contribution in [0.3, 0.4) is 0 Å². The number of carbonyl (C=O) groups is 1. The summed E-state index contributed by atoms with van der Waals surface area (Å²) in [6.07, 6.45) is -1.87. The van der Waals surface area contributed by atoms with E-state index in [-0.39, 0.29) is 0 Å². The summed E-state index contributed by atoms with van der Waals surface area (Å²) in [5.41, 5.74) is 0. The molecular weight excluding hydrogens is 178 g/mol. The van der Waals surface area contributed by atoms with Crippen LogP contribution in [-0.4, -0.2) is 10.1 Å². The third kappa shape index (κ3) is 6.14. The summed E-state index contributed by atoms with van der Waals surface area (Å²) in [5.74, 6) is 0. The molecule has 0 amide bonds. The highest BCUT2D eigenvalue weighted by atomic mass is 35.6. The molecule has 0 aromatic heterocycles. The molecule has 0 aromatic carbocycles. The highest BCUT2D eigenvalue weighted by Crippen LogP contribution is 2.26. The zero-order valence-corrected chi connectivity index (χ0v) is 5.63. The van der Waals surface area contributed by atoms with E-state index in [1.807, 2.05) is 0 Å². The molecule has 0 fully saturated rings. The van der Waals surface area contributed by atoms with Crippen molar-refractivity contribution in [2.45, 2.75) is 3.98 Å². The SMILES string of the molecule is O=C([O-])OC(Cl)(Cl)Cl. The minimum absolute atomic E-state index is 1.87. The van der Waals surface area contributed by atoms with E-state index in [2.05, 4.69) is 4.74 Å². The molecule has 48 valence electrons.